The van der Waals surface area contributed by atoms with E-state index in [1.54, 1.807) is 0 Å². The maximum atomic E-state index is 4.60. The van der Waals surface area contributed by atoms with Crippen LogP contribution in [0.1, 0.15) is 50.6 Å². The molecule has 1 unspecified atom stereocenters. The molecule has 1 aliphatic carbocycles. The van der Waals surface area contributed by atoms with Crippen molar-refractivity contribution in [2.75, 3.05) is 18.4 Å². The summed E-state index contributed by atoms with van der Waals surface area (Å²) in [5.41, 5.74) is 1.15. The van der Waals surface area contributed by atoms with Crippen LogP contribution in [0.4, 0.5) is 5.82 Å². The second-order valence-corrected chi connectivity index (χ2v) is 6.27. The van der Waals surface area contributed by atoms with E-state index in [2.05, 4.69) is 20.6 Å². The zero-order chi connectivity index (χ0) is 13.6. The molecule has 3 rings (SSSR count). The van der Waals surface area contributed by atoms with Crippen LogP contribution in [0.5, 0.6) is 0 Å². The molecule has 1 aromatic heterocycles. The lowest BCUT2D eigenvalue weighted by molar-refractivity contribution is 0.464. The Hall–Kier alpha value is -1.16. The maximum absolute atomic E-state index is 4.60. The van der Waals surface area contributed by atoms with Crippen LogP contribution < -0.4 is 10.6 Å². The minimum atomic E-state index is 0.614. The molecule has 2 N–H and O–H groups in total. The van der Waals surface area contributed by atoms with Gasteiger partial charge in [0.15, 0.2) is 0 Å². The standard InChI is InChI=1S/C16H26N4/c1-2-6-14(5-1)20-16-12-18-15(11-19-16)10-13-4-3-8-17-9-7-13/h11-14,17H,1-10H2,(H,19,20). The lowest BCUT2D eigenvalue weighted by Crippen LogP contribution is -2.16. The lowest BCUT2D eigenvalue weighted by atomic mass is 9.95. The first-order valence-corrected chi connectivity index (χ1v) is 8.18. The zero-order valence-electron chi connectivity index (χ0n) is 12.3. The molecule has 110 valence electrons. The molecule has 2 fully saturated rings. The molecule has 1 saturated carbocycles. The molecule has 0 amide bonds. The molecule has 1 aromatic rings. The third-order valence-electron chi connectivity index (χ3n) is 4.61. The molecule has 2 heterocycles. The number of rotatable bonds is 4. The fourth-order valence-corrected chi connectivity index (χ4v) is 3.41. The van der Waals surface area contributed by atoms with Crippen LogP contribution in [-0.4, -0.2) is 29.1 Å². The molecule has 1 aliphatic heterocycles. The minimum absolute atomic E-state index is 0.614. The Morgan fingerprint density at radius 3 is 2.70 bits per heavy atom. The summed E-state index contributed by atoms with van der Waals surface area (Å²) in [6.07, 6.45) is 14.1. The van der Waals surface area contributed by atoms with E-state index in [0.717, 1.165) is 30.4 Å². The van der Waals surface area contributed by atoms with Crippen LogP contribution in [0.25, 0.3) is 0 Å². The first-order chi connectivity index (χ1) is 9.90. The van der Waals surface area contributed by atoms with Gasteiger partial charge in [-0.3, -0.25) is 4.98 Å². The van der Waals surface area contributed by atoms with Gasteiger partial charge in [-0.2, -0.15) is 0 Å². The molecule has 1 saturated heterocycles. The van der Waals surface area contributed by atoms with Crippen molar-refractivity contribution in [3.8, 4) is 0 Å². The van der Waals surface area contributed by atoms with Crippen LogP contribution in [-0.2, 0) is 6.42 Å². The zero-order valence-corrected chi connectivity index (χ0v) is 12.3. The molecular weight excluding hydrogens is 248 g/mol. The van der Waals surface area contributed by atoms with Crippen LogP contribution in [0, 0.1) is 5.92 Å². The average molecular weight is 274 g/mol. The van der Waals surface area contributed by atoms with E-state index in [1.165, 1.54) is 51.5 Å². The van der Waals surface area contributed by atoms with Gasteiger partial charge in [-0.1, -0.05) is 12.8 Å². The Bertz CT molecular complexity index is 389. The third kappa shape index (κ3) is 3.92. The van der Waals surface area contributed by atoms with Gasteiger partial charge in [-0.15, -0.1) is 0 Å². The molecule has 2 aliphatic rings. The smallest absolute Gasteiger partial charge is 0.144 e. The van der Waals surface area contributed by atoms with Gasteiger partial charge >= 0.3 is 0 Å². The fourth-order valence-electron chi connectivity index (χ4n) is 3.41. The van der Waals surface area contributed by atoms with Crippen molar-refractivity contribution in [2.45, 2.75) is 57.4 Å². The second-order valence-electron chi connectivity index (χ2n) is 6.27. The molecule has 0 spiro atoms. The largest absolute Gasteiger partial charge is 0.366 e. The Morgan fingerprint density at radius 2 is 1.90 bits per heavy atom. The van der Waals surface area contributed by atoms with Gasteiger partial charge < -0.3 is 10.6 Å². The average Bonchev–Trinajstić information content (AvgIpc) is 2.84. The highest BCUT2D eigenvalue weighted by Crippen LogP contribution is 2.22. The van der Waals surface area contributed by atoms with Crippen molar-refractivity contribution in [1.29, 1.82) is 0 Å². The summed E-state index contributed by atoms with van der Waals surface area (Å²) in [6, 6.07) is 0.614. The molecule has 0 radical (unpaired) electrons. The summed E-state index contributed by atoms with van der Waals surface area (Å²) in [5, 5.41) is 6.96. The van der Waals surface area contributed by atoms with Crippen molar-refractivity contribution < 1.29 is 0 Å². The Morgan fingerprint density at radius 1 is 1.00 bits per heavy atom. The number of hydrogen-bond acceptors (Lipinski definition) is 4. The van der Waals surface area contributed by atoms with Crippen LogP contribution in [0.15, 0.2) is 12.4 Å². The Labute approximate surface area is 121 Å². The van der Waals surface area contributed by atoms with E-state index in [9.17, 15) is 0 Å². The molecular formula is C16H26N4. The normalized spacial score (nSPS) is 24.5. The van der Waals surface area contributed by atoms with Gasteiger partial charge in [0.1, 0.15) is 5.82 Å². The van der Waals surface area contributed by atoms with E-state index in [4.69, 9.17) is 0 Å². The minimum Gasteiger partial charge on any atom is -0.366 e. The quantitative estimate of drug-likeness (QED) is 0.886. The highest BCUT2D eigenvalue weighted by atomic mass is 15.0. The van der Waals surface area contributed by atoms with E-state index in [1.807, 2.05) is 12.4 Å². The predicted molar refractivity (Wildman–Crippen MR) is 81.8 cm³/mol. The van der Waals surface area contributed by atoms with Crippen LogP contribution in [0.3, 0.4) is 0 Å². The number of hydrogen-bond donors (Lipinski definition) is 2. The van der Waals surface area contributed by atoms with E-state index in [0.29, 0.717) is 6.04 Å². The van der Waals surface area contributed by atoms with Crippen molar-refractivity contribution >= 4 is 5.82 Å². The van der Waals surface area contributed by atoms with Crippen LogP contribution in [0.2, 0.25) is 0 Å². The molecule has 0 bridgehead atoms. The second kappa shape index (κ2) is 7.02. The van der Waals surface area contributed by atoms with Gasteiger partial charge in [-0.05, 0) is 57.5 Å². The van der Waals surface area contributed by atoms with E-state index >= 15 is 0 Å². The van der Waals surface area contributed by atoms with Crippen molar-refractivity contribution in [2.24, 2.45) is 5.92 Å². The van der Waals surface area contributed by atoms with Gasteiger partial charge in [-0.25, -0.2) is 4.98 Å². The van der Waals surface area contributed by atoms with Crippen molar-refractivity contribution in [3.05, 3.63) is 18.1 Å². The highest BCUT2D eigenvalue weighted by molar-refractivity contribution is 5.32. The highest BCUT2D eigenvalue weighted by Gasteiger charge is 2.16. The number of anilines is 1. The number of nitrogens with one attached hydrogen (secondary N) is 2. The van der Waals surface area contributed by atoms with Crippen molar-refractivity contribution in [3.63, 3.8) is 0 Å². The van der Waals surface area contributed by atoms with E-state index < -0.39 is 0 Å². The monoisotopic (exact) mass is 274 g/mol. The molecule has 0 aromatic carbocycles. The summed E-state index contributed by atoms with van der Waals surface area (Å²) in [4.78, 5) is 9.14. The van der Waals surface area contributed by atoms with Gasteiger partial charge in [0.25, 0.3) is 0 Å². The number of aromatic nitrogens is 2. The van der Waals surface area contributed by atoms with Gasteiger partial charge in [0.2, 0.25) is 0 Å². The summed E-state index contributed by atoms with van der Waals surface area (Å²) < 4.78 is 0. The third-order valence-corrected chi connectivity index (χ3v) is 4.61. The van der Waals surface area contributed by atoms with Gasteiger partial charge in [0, 0.05) is 6.04 Å². The summed E-state index contributed by atoms with van der Waals surface area (Å²) in [6.45, 7) is 2.33. The summed E-state index contributed by atoms with van der Waals surface area (Å²) in [7, 11) is 0. The Kier molecular flexibility index (Phi) is 4.85. The Balaban J connectivity index is 1.52. The number of nitrogens with zero attached hydrogens (tertiary/aromatic N) is 2. The van der Waals surface area contributed by atoms with Crippen molar-refractivity contribution in [1.82, 2.24) is 15.3 Å². The lowest BCUT2D eigenvalue weighted by Gasteiger charge is -2.14. The summed E-state index contributed by atoms with van der Waals surface area (Å²) >= 11 is 0. The first kappa shape index (κ1) is 13.8. The molecule has 20 heavy (non-hydrogen) atoms. The van der Waals surface area contributed by atoms with E-state index in [-0.39, 0.29) is 0 Å². The SMILES string of the molecule is c1nc(NC2CCCC2)cnc1CC1CCCNCC1. The molecule has 4 nitrogen and oxygen atoms in total. The molecule has 4 heteroatoms. The molecule has 1 atom stereocenters. The van der Waals surface area contributed by atoms with Crippen LogP contribution >= 0.6 is 0 Å². The fraction of sp³-hybridized carbons (Fsp3) is 0.750. The maximum Gasteiger partial charge on any atom is 0.144 e. The van der Waals surface area contributed by atoms with Gasteiger partial charge in [0.05, 0.1) is 18.1 Å². The first-order valence-electron chi connectivity index (χ1n) is 8.18. The summed E-state index contributed by atoms with van der Waals surface area (Å²) in [5.74, 6) is 1.72. The topological polar surface area (TPSA) is 49.8 Å². The predicted octanol–water partition coefficient (Wildman–Crippen LogP) is 2.76.